The number of hydrogen-bond donors (Lipinski definition) is 1. The normalized spacial score (nSPS) is 12.5. The molecule has 0 aliphatic rings. The van der Waals surface area contributed by atoms with Crippen LogP contribution in [0.5, 0.6) is 0 Å². The van der Waals surface area contributed by atoms with E-state index < -0.39 is 0 Å². The Hall–Kier alpha value is -0.540. The van der Waals surface area contributed by atoms with Crippen LogP contribution in [0, 0.1) is 5.92 Å². The molecule has 3 heteroatoms. The highest BCUT2D eigenvalue weighted by molar-refractivity contribution is 9.10. The first-order valence-electron chi connectivity index (χ1n) is 7.28. The quantitative estimate of drug-likeness (QED) is 0.711. The van der Waals surface area contributed by atoms with E-state index in [0.717, 1.165) is 25.6 Å². The number of nitrogens with zero attached hydrogens (tertiary/aromatic N) is 1. The summed E-state index contributed by atoms with van der Waals surface area (Å²) in [6.45, 7) is 9.85. The molecule has 0 heterocycles. The van der Waals surface area contributed by atoms with Gasteiger partial charge in [-0.25, -0.2) is 0 Å². The highest BCUT2D eigenvalue weighted by Crippen LogP contribution is 2.24. The second kappa shape index (κ2) is 8.60. The van der Waals surface area contributed by atoms with Crippen LogP contribution >= 0.6 is 15.9 Å². The van der Waals surface area contributed by atoms with Gasteiger partial charge in [-0.1, -0.05) is 49.2 Å². The standard InChI is InChI=1S/C16H27BrN2/c1-5-9-18-11-14-7-8-15(10-16(14)17)19(4)12-13(3)6-2/h7-8,10,13,18H,5-6,9,11-12H2,1-4H3. The van der Waals surface area contributed by atoms with Crippen molar-refractivity contribution in [3.05, 3.63) is 28.2 Å². The summed E-state index contributed by atoms with van der Waals surface area (Å²) in [7, 11) is 2.17. The Bertz CT molecular complexity index is 379. The molecule has 108 valence electrons. The number of hydrogen-bond acceptors (Lipinski definition) is 2. The molecule has 0 spiro atoms. The molecule has 1 aromatic rings. The van der Waals surface area contributed by atoms with Crippen molar-refractivity contribution in [3.8, 4) is 0 Å². The minimum Gasteiger partial charge on any atom is -0.374 e. The molecule has 2 nitrogen and oxygen atoms in total. The zero-order valence-corrected chi connectivity index (χ0v) is 14.3. The van der Waals surface area contributed by atoms with Crippen LogP contribution in [0.25, 0.3) is 0 Å². The van der Waals surface area contributed by atoms with Crippen molar-refractivity contribution in [1.82, 2.24) is 5.32 Å². The molecule has 0 radical (unpaired) electrons. The third-order valence-electron chi connectivity index (χ3n) is 3.50. The maximum Gasteiger partial charge on any atom is 0.0375 e. The predicted octanol–water partition coefficient (Wildman–Crippen LogP) is 4.43. The summed E-state index contributed by atoms with van der Waals surface area (Å²) in [5.74, 6) is 0.731. The monoisotopic (exact) mass is 326 g/mol. The zero-order chi connectivity index (χ0) is 14.3. The molecule has 1 atom stereocenters. The fourth-order valence-corrected chi connectivity index (χ4v) is 2.53. The zero-order valence-electron chi connectivity index (χ0n) is 12.7. The molecule has 0 aromatic heterocycles. The molecule has 1 N–H and O–H groups in total. The SMILES string of the molecule is CCCNCc1ccc(N(C)CC(C)CC)cc1Br. The van der Waals surface area contributed by atoms with Crippen molar-refractivity contribution < 1.29 is 0 Å². The van der Waals surface area contributed by atoms with Gasteiger partial charge in [-0.3, -0.25) is 0 Å². The average Bonchev–Trinajstić information content (AvgIpc) is 2.40. The largest absolute Gasteiger partial charge is 0.374 e. The van der Waals surface area contributed by atoms with Gasteiger partial charge in [-0.2, -0.15) is 0 Å². The molecule has 0 aliphatic carbocycles. The topological polar surface area (TPSA) is 15.3 Å². The third kappa shape index (κ3) is 5.53. The van der Waals surface area contributed by atoms with Crippen LogP contribution in [0.2, 0.25) is 0 Å². The summed E-state index contributed by atoms with van der Waals surface area (Å²) in [4.78, 5) is 2.34. The van der Waals surface area contributed by atoms with Gasteiger partial charge in [0.1, 0.15) is 0 Å². The van der Waals surface area contributed by atoms with Gasteiger partial charge in [0.05, 0.1) is 0 Å². The lowest BCUT2D eigenvalue weighted by Crippen LogP contribution is -2.23. The van der Waals surface area contributed by atoms with Crippen molar-refractivity contribution in [2.45, 2.75) is 40.2 Å². The lowest BCUT2D eigenvalue weighted by Gasteiger charge is -2.23. The van der Waals surface area contributed by atoms with Gasteiger partial charge in [0.2, 0.25) is 0 Å². The van der Waals surface area contributed by atoms with Gasteiger partial charge in [-0.05, 0) is 36.6 Å². The number of anilines is 1. The maximum absolute atomic E-state index is 3.68. The second-order valence-corrected chi connectivity index (χ2v) is 6.20. The van der Waals surface area contributed by atoms with Crippen molar-refractivity contribution >= 4 is 21.6 Å². The molecule has 0 fully saturated rings. The van der Waals surface area contributed by atoms with Crippen molar-refractivity contribution in [1.29, 1.82) is 0 Å². The fraction of sp³-hybridized carbons (Fsp3) is 0.625. The maximum atomic E-state index is 3.68. The van der Waals surface area contributed by atoms with E-state index in [4.69, 9.17) is 0 Å². The van der Waals surface area contributed by atoms with Crippen LogP contribution in [0.3, 0.4) is 0 Å². The molecule has 1 aromatic carbocycles. The Kier molecular flexibility index (Phi) is 7.47. The van der Waals surface area contributed by atoms with Gasteiger partial charge < -0.3 is 10.2 Å². The molecule has 0 bridgehead atoms. The average molecular weight is 327 g/mol. The number of halogens is 1. The Balaban J connectivity index is 2.64. The first-order chi connectivity index (χ1) is 9.08. The molecule has 1 unspecified atom stereocenters. The summed E-state index contributed by atoms with van der Waals surface area (Å²) in [5, 5.41) is 3.44. The number of benzene rings is 1. The minimum absolute atomic E-state index is 0.731. The van der Waals surface area contributed by atoms with E-state index in [-0.39, 0.29) is 0 Å². The molecule has 0 saturated carbocycles. The van der Waals surface area contributed by atoms with E-state index >= 15 is 0 Å². The van der Waals surface area contributed by atoms with Crippen LogP contribution in [0.1, 0.15) is 39.2 Å². The molecule has 1 rings (SSSR count). The van der Waals surface area contributed by atoms with Crippen molar-refractivity contribution in [3.63, 3.8) is 0 Å². The Morgan fingerprint density at radius 3 is 2.63 bits per heavy atom. The van der Waals surface area contributed by atoms with Crippen molar-refractivity contribution in [2.24, 2.45) is 5.92 Å². The Morgan fingerprint density at radius 2 is 2.05 bits per heavy atom. The predicted molar refractivity (Wildman–Crippen MR) is 88.9 cm³/mol. The van der Waals surface area contributed by atoms with Crippen molar-refractivity contribution in [2.75, 3.05) is 25.0 Å². The smallest absolute Gasteiger partial charge is 0.0375 e. The third-order valence-corrected chi connectivity index (χ3v) is 4.24. The minimum atomic E-state index is 0.731. The molecule has 0 aliphatic heterocycles. The summed E-state index contributed by atoms with van der Waals surface area (Å²) < 4.78 is 1.20. The highest BCUT2D eigenvalue weighted by Gasteiger charge is 2.08. The van der Waals surface area contributed by atoms with Gasteiger partial charge in [-0.15, -0.1) is 0 Å². The second-order valence-electron chi connectivity index (χ2n) is 5.35. The van der Waals surface area contributed by atoms with Crippen LogP contribution in [-0.2, 0) is 6.54 Å². The van der Waals surface area contributed by atoms with Gasteiger partial charge in [0.15, 0.2) is 0 Å². The molecular weight excluding hydrogens is 300 g/mol. The molecule has 0 amide bonds. The van der Waals surface area contributed by atoms with Gasteiger partial charge in [0.25, 0.3) is 0 Å². The first-order valence-corrected chi connectivity index (χ1v) is 8.08. The van der Waals surface area contributed by atoms with Crippen LogP contribution in [0.15, 0.2) is 22.7 Å². The van der Waals surface area contributed by atoms with Gasteiger partial charge >= 0.3 is 0 Å². The van der Waals surface area contributed by atoms with E-state index in [0.29, 0.717) is 0 Å². The summed E-state index contributed by atoms with van der Waals surface area (Å²) in [6.07, 6.45) is 2.40. The lowest BCUT2D eigenvalue weighted by molar-refractivity contribution is 0.560. The van der Waals surface area contributed by atoms with E-state index in [1.165, 1.54) is 28.6 Å². The molecule has 19 heavy (non-hydrogen) atoms. The first kappa shape index (κ1) is 16.5. The van der Waals surface area contributed by atoms with Crippen LogP contribution in [0.4, 0.5) is 5.69 Å². The summed E-state index contributed by atoms with van der Waals surface area (Å²) in [6, 6.07) is 6.66. The molecular formula is C16H27BrN2. The lowest BCUT2D eigenvalue weighted by atomic mass is 10.1. The summed E-state index contributed by atoms with van der Waals surface area (Å²) >= 11 is 3.68. The Labute approximate surface area is 126 Å². The fourth-order valence-electron chi connectivity index (χ4n) is 2.02. The molecule has 0 saturated heterocycles. The van der Waals surface area contributed by atoms with Gasteiger partial charge in [0, 0.05) is 30.3 Å². The van der Waals surface area contributed by atoms with E-state index in [9.17, 15) is 0 Å². The highest BCUT2D eigenvalue weighted by atomic mass is 79.9. The number of nitrogens with one attached hydrogen (secondary N) is 1. The van der Waals surface area contributed by atoms with E-state index in [1.807, 2.05) is 0 Å². The summed E-state index contributed by atoms with van der Waals surface area (Å²) in [5.41, 5.74) is 2.61. The van der Waals surface area contributed by atoms with Crippen LogP contribution < -0.4 is 10.2 Å². The number of rotatable bonds is 8. The van der Waals surface area contributed by atoms with E-state index in [2.05, 4.69) is 72.2 Å². The Morgan fingerprint density at radius 1 is 1.32 bits per heavy atom. The van der Waals surface area contributed by atoms with E-state index in [1.54, 1.807) is 0 Å². The van der Waals surface area contributed by atoms with Crippen LogP contribution in [-0.4, -0.2) is 20.1 Å².